The minimum Gasteiger partial charge on any atom is -0.451 e. The van der Waals surface area contributed by atoms with E-state index in [0.29, 0.717) is 18.7 Å². The maximum Gasteiger partial charge on any atom is 0.359 e. The highest BCUT2D eigenvalue weighted by molar-refractivity contribution is 5.95. The van der Waals surface area contributed by atoms with Crippen molar-refractivity contribution in [3.05, 3.63) is 58.0 Å². The van der Waals surface area contributed by atoms with E-state index < -0.39 is 18.5 Å². The van der Waals surface area contributed by atoms with Crippen LogP contribution in [0.15, 0.2) is 41.2 Å². The van der Waals surface area contributed by atoms with Gasteiger partial charge in [-0.05, 0) is 31.5 Å². The summed E-state index contributed by atoms with van der Waals surface area (Å²) in [5.41, 5.74) is 1.31. The summed E-state index contributed by atoms with van der Waals surface area (Å²) in [5, 5.41) is 6.61. The van der Waals surface area contributed by atoms with Gasteiger partial charge in [0.05, 0.1) is 6.54 Å². The maximum absolute atomic E-state index is 12.1. The SMILES string of the molecule is CCCn1nc(C(=O)OCC(=O)N(C)CC(=O)Nc2ccc(C)cc2)ccc1=O. The van der Waals surface area contributed by atoms with Crippen molar-refractivity contribution in [2.45, 2.75) is 26.8 Å². The Morgan fingerprint density at radius 2 is 1.83 bits per heavy atom. The zero-order chi connectivity index (χ0) is 21.4. The third-order valence-electron chi connectivity index (χ3n) is 3.98. The first-order valence-electron chi connectivity index (χ1n) is 9.16. The molecule has 154 valence electrons. The van der Waals surface area contributed by atoms with Gasteiger partial charge in [0, 0.05) is 25.3 Å². The molecule has 0 saturated carbocycles. The standard InChI is InChI=1S/C20H24N4O5/c1-4-11-24-18(26)10-9-16(22-24)20(28)29-13-19(27)23(3)12-17(25)21-15-7-5-14(2)6-8-15/h5-10H,4,11-13H2,1-3H3,(H,21,25). The van der Waals surface area contributed by atoms with E-state index in [0.717, 1.165) is 10.5 Å². The third kappa shape index (κ3) is 6.56. The molecule has 2 rings (SSSR count). The first-order valence-corrected chi connectivity index (χ1v) is 9.16. The van der Waals surface area contributed by atoms with Gasteiger partial charge in [-0.25, -0.2) is 9.48 Å². The van der Waals surface area contributed by atoms with Crippen LogP contribution in [0.3, 0.4) is 0 Å². The molecule has 2 amide bonds. The lowest BCUT2D eigenvalue weighted by molar-refractivity contribution is -0.136. The molecule has 0 saturated heterocycles. The summed E-state index contributed by atoms with van der Waals surface area (Å²) in [6.45, 7) is 3.46. The molecule has 0 radical (unpaired) electrons. The fourth-order valence-electron chi connectivity index (χ4n) is 2.38. The number of esters is 1. The lowest BCUT2D eigenvalue weighted by Crippen LogP contribution is -2.37. The zero-order valence-electron chi connectivity index (χ0n) is 16.7. The number of hydrogen-bond donors (Lipinski definition) is 1. The molecule has 0 aliphatic rings. The Hall–Kier alpha value is -3.49. The number of carbonyl (C=O) groups is 3. The van der Waals surface area contributed by atoms with Gasteiger partial charge in [0.1, 0.15) is 0 Å². The highest BCUT2D eigenvalue weighted by atomic mass is 16.5. The van der Waals surface area contributed by atoms with Crippen molar-refractivity contribution in [1.29, 1.82) is 0 Å². The molecule has 2 aromatic rings. The van der Waals surface area contributed by atoms with Crippen molar-refractivity contribution >= 4 is 23.5 Å². The molecule has 0 bridgehead atoms. The summed E-state index contributed by atoms with van der Waals surface area (Å²) in [4.78, 5) is 49.1. The normalized spacial score (nSPS) is 10.3. The minimum absolute atomic E-state index is 0.0642. The van der Waals surface area contributed by atoms with Crippen LogP contribution in [0.5, 0.6) is 0 Å². The molecule has 0 aliphatic heterocycles. The molecule has 1 aromatic heterocycles. The van der Waals surface area contributed by atoms with Crippen molar-refractivity contribution in [2.24, 2.45) is 0 Å². The van der Waals surface area contributed by atoms with Crippen LogP contribution in [0.1, 0.15) is 29.4 Å². The van der Waals surface area contributed by atoms with Crippen LogP contribution in [0, 0.1) is 6.92 Å². The topological polar surface area (TPSA) is 111 Å². The van der Waals surface area contributed by atoms with Crippen LogP contribution in [0.4, 0.5) is 5.69 Å². The smallest absolute Gasteiger partial charge is 0.359 e. The summed E-state index contributed by atoms with van der Waals surface area (Å²) in [6.07, 6.45) is 0.680. The minimum atomic E-state index is -0.819. The molecule has 9 nitrogen and oxygen atoms in total. The van der Waals surface area contributed by atoms with Gasteiger partial charge in [-0.1, -0.05) is 24.6 Å². The molecule has 0 unspecified atom stereocenters. The number of rotatable bonds is 8. The van der Waals surface area contributed by atoms with Crippen LogP contribution in [0.2, 0.25) is 0 Å². The predicted octanol–water partition coefficient (Wildman–Crippen LogP) is 1.22. The number of hydrogen-bond acceptors (Lipinski definition) is 6. The van der Waals surface area contributed by atoms with E-state index in [4.69, 9.17) is 4.74 Å². The second-order valence-corrected chi connectivity index (χ2v) is 6.52. The van der Waals surface area contributed by atoms with Crippen LogP contribution in [0.25, 0.3) is 0 Å². The number of nitrogens with one attached hydrogen (secondary N) is 1. The molecule has 0 fully saturated rings. The quantitative estimate of drug-likeness (QED) is 0.667. The van der Waals surface area contributed by atoms with Gasteiger partial charge in [0.15, 0.2) is 12.3 Å². The average Bonchev–Trinajstić information content (AvgIpc) is 2.69. The molecular weight excluding hydrogens is 376 g/mol. The molecule has 0 aliphatic carbocycles. The second kappa shape index (κ2) is 10.2. The fraction of sp³-hybridized carbons (Fsp3) is 0.350. The summed E-state index contributed by atoms with van der Waals surface area (Å²) in [6, 6.07) is 9.73. The molecule has 9 heteroatoms. The van der Waals surface area contributed by atoms with Gasteiger partial charge in [-0.3, -0.25) is 14.4 Å². The second-order valence-electron chi connectivity index (χ2n) is 6.52. The van der Waals surface area contributed by atoms with E-state index in [-0.39, 0.29) is 23.7 Å². The van der Waals surface area contributed by atoms with E-state index in [2.05, 4.69) is 10.4 Å². The van der Waals surface area contributed by atoms with E-state index >= 15 is 0 Å². The van der Waals surface area contributed by atoms with Crippen molar-refractivity contribution in [1.82, 2.24) is 14.7 Å². The van der Waals surface area contributed by atoms with Crippen LogP contribution >= 0.6 is 0 Å². The van der Waals surface area contributed by atoms with Crippen LogP contribution in [-0.2, 0) is 20.9 Å². The van der Waals surface area contributed by atoms with Gasteiger partial charge >= 0.3 is 5.97 Å². The summed E-state index contributed by atoms with van der Waals surface area (Å²) >= 11 is 0. The number of likely N-dealkylation sites (N-methyl/N-ethyl adjacent to an activating group) is 1. The summed E-state index contributed by atoms with van der Waals surface area (Å²) in [7, 11) is 1.44. The Kier molecular flexibility index (Phi) is 7.64. The lowest BCUT2D eigenvalue weighted by atomic mass is 10.2. The summed E-state index contributed by atoms with van der Waals surface area (Å²) < 4.78 is 6.12. The van der Waals surface area contributed by atoms with Gasteiger partial charge in [0.2, 0.25) is 5.91 Å². The van der Waals surface area contributed by atoms with Gasteiger partial charge in [-0.2, -0.15) is 5.10 Å². The Morgan fingerprint density at radius 3 is 2.48 bits per heavy atom. The Balaban J connectivity index is 1.85. The van der Waals surface area contributed by atoms with Crippen molar-refractivity contribution < 1.29 is 19.1 Å². The first kappa shape index (κ1) is 21.8. The van der Waals surface area contributed by atoms with E-state index in [9.17, 15) is 19.2 Å². The molecule has 1 heterocycles. The number of aryl methyl sites for hydroxylation is 2. The number of benzene rings is 1. The van der Waals surface area contributed by atoms with E-state index in [1.165, 1.54) is 23.9 Å². The molecule has 1 N–H and O–H groups in total. The number of ether oxygens (including phenoxy) is 1. The van der Waals surface area contributed by atoms with Gasteiger partial charge < -0.3 is 15.0 Å². The summed E-state index contributed by atoms with van der Waals surface area (Å²) in [5.74, 6) is -1.73. The van der Waals surface area contributed by atoms with Crippen molar-refractivity contribution in [3.8, 4) is 0 Å². The lowest BCUT2D eigenvalue weighted by Gasteiger charge is -2.16. The van der Waals surface area contributed by atoms with Crippen LogP contribution < -0.4 is 10.9 Å². The largest absolute Gasteiger partial charge is 0.451 e. The van der Waals surface area contributed by atoms with Gasteiger partial charge in [0.25, 0.3) is 11.5 Å². The maximum atomic E-state index is 12.1. The molecule has 0 spiro atoms. The van der Waals surface area contributed by atoms with E-state index in [1.807, 2.05) is 26.0 Å². The Morgan fingerprint density at radius 1 is 1.14 bits per heavy atom. The van der Waals surface area contributed by atoms with Crippen molar-refractivity contribution in [2.75, 3.05) is 25.5 Å². The van der Waals surface area contributed by atoms with E-state index in [1.54, 1.807) is 12.1 Å². The van der Waals surface area contributed by atoms with Crippen molar-refractivity contribution in [3.63, 3.8) is 0 Å². The molecule has 29 heavy (non-hydrogen) atoms. The highest BCUT2D eigenvalue weighted by Crippen LogP contribution is 2.08. The molecule has 0 atom stereocenters. The predicted molar refractivity (Wildman–Crippen MR) is 107 cm³/mol. The average molecular weight is 400 g/mol. The number of amides is 2. The number of nitrogens with zero attached hydrogens (tertiary/aromatic N) is 3. The molecular formula is C20H24N4O5. The Labute approximate surface area is 168 Å². The number of aromatic nitrogens is 2. The number of anilines is 1. The third-order valence-corrected chi connectivity index (χ3v) is 3.98. The zero-order valence-corrected chi connectivity index (χ0v) is 16.7. The highest BCUT2D eigenvalue weighted by Gasteiger charge is 2.17. The number of carbonyl (C=O) groups excluding carboxylic acids is 3. The molecule has 1 aromatic carbocycles. The first-order chi connectivity index (χ1) is 13.8. The van der Waals surface area contributed by atoms with Crippen LogP contribution in [-0.4, -0.2) is 52.7 Å². The Bertz CT molecular complexity index is 937. The fourth-order valence-corrected chi connectivity index (χ4v) is 2.38. The monoisotopic (exact) mass is 400 g/mol. The van der Waals surface area contributed by atoms with Gasteiger partial charge in [-0.15, -0.1) is 0 Å².